The van der Waals surface area contributed by atoms with Crippen LogP contribution in [0.25, 0.3) is 0 Å². The fourth-order valence-electron chi connectivity index (χ4n) is 4.74. The summed E-state index contributed by atoms with van der Waals surface area (Å²) in [7, 11) is 0. The van der Waals surface area contributed by atoms with E-state index in [1.165, 1.54) is 24.0 Å². The van der Waals surface area contributed by atoms with E-state index < -0.39 is 11.9 Å². The molecule has 1 aliphatic rings. The van der Waals surface area contributed by atoms with Gasteiger partial charge in [-0.2, -0.15) is 0 Å². The molecule has 5 nitrogen and oxygen atoms in total. The first kappa shape index (κ1) is 23.1. The van der Waals surface area contributed by atoms with Crippen LogP contribution in [0.2, 0.25) is 0 Å². The number of hydrogen-bond donors (Lipinski definition) is 1. The molecular formula is C28H33NO4. The molecule has 1 heterocycles. The van der Waals surface area contributed by atoms with Gasteiger partial charge in [0.25, 0.3) is 0 Å². The Bertz CT molecular complexity index is 1140. The van der Waals surface area contributed by atoms with Gasteiger partial charge in [-0.3, -0.25) is 4.79 Å². The van der Waals surface area contributed by atoms with Crippen LogP contribution in [0.3, 0.4) is 0 Å². The molecule has 1 N–H and O–H groups in total. The molecule has 0 amide bonds. The van der Waals surface area contributed by atoms with Gasteiger partial charge in [-0.05, 0) is 65.0 Å². The quantitative estimate of drug-likeness (QED) is 0.446. The van der Waals surface area contributed by atoms with Crippen molar-refractivity contribution in [1.29, 1.82) is 0 Å². The maximum atomic E-state index is 11.4. The second-order valence-electron chi connectivity index (χ2n) is 10.5. The third kappa shape index (κ3) is 4.97. The van der Waals surface area contributed by atoms with Crippen molar-refractivity contribution in [2.45, 2.75) is 77.2 Å². The van der Waals surface area contributed by atoms with E-state index in [-0.39, 0.29) is 17.3 Å². The molecule has 1 aromatic heterocycles. The summed E-state index contributed by atoms with van der Waals surface area (Å²) in [4.78, 5) is 15.6. The van der Waals surface area contributed by atoms with Gasteiger partial charge in [-0.1, -0.05) is 58.0 Å². The molecule has 33 heavy (non-hydrogen) atoms. The third-order valence-electron chi connectivity index (χ3n) is 6.92. The van der Waals surface area contributed by atoms with E-state index in [1.54, 1.807) is 13.1 Å². The zero-order valence-electron chi connectivity index (χ0n) is 20.1. The number of benzene rings is 2. The number of carbonyl (C=O) groups is 1. The van der Waals surface area contributed by atoms with Gasteiger partial charge in [-0.15, -0.1) is 0 Å². The van der Waals surface area contributed by atoms with Crippen molar-refractivity contribution in [2.75, 3.05) is 0 Å². The average molecular weight is 448 g/mol. The SMILES string of the molecule is Cc1cnc(C(CC(=O)O)c2ccc(OCc3ccc4c(c3)C(C)(C)CCC4(C)C)cc2)o1. The lowest BCUT2D eigenvalue weighted by molar-refractivity contribution is -0.137. The second-order valence-corrected chi connectivity index (χ2v) is 10.5. The van der Waals surface area contributed by atoms with Gasteiger partial charge in [-0.25, -0.2) is 4.98 Å². The van der Waals surface area contributed by atoms with Gasteiger partial charge in [0.2, 0.25) is 5.89 Å². The van der Waals surface area contributed by atoms with Crippen molar-refractivity contribution < 1.29 is 19.1 Å². The molecule has 1 atom stereocenters. The number of rotatable bonds is 7. The van der Waals surface area contributed by atoms with E-state index in [0.717, 1.165) is 16.9 Å². The van der Waals surface area contributed by atoms with Gasteiger partial charge < -0.3 is 14.3 Å². The smallest absolute Gasteiger partial charge is 0.304 e. The summed E-state index contributed by atoms with van der Waals surface area (Å²) in [5.41, 5.74) is 5.23. The number of aliphatic carboxylic acids is 1. The van der Waals surface area contributed by atoms with Crippen LogP contribution in [0.5, 0.6) is 5.75 Å². The molecule has 0 spiro atoms. The molecule has 0 saturated heterocycles. The lowest BCUT2D eigenvalue weighted by atomic mass is 9.63. The molecule has 174 valence electrons. The van der Waals surface area contributed by atoms with E-state index >= 15 is 0 Å². The number of carboxylic acids is 1. The minimum Gasteiger partial charge on any atom is -0.489 e. The number of aromatic nitrogens is 1. The highest BCUT2D eigenvalue weighted by molar-refractivity contribution is 5.68. The molecule has 2 aromatic carbocycles. The average Bonchev–Trinajstić information content (AvgIpc) is 3.20. The van der Waals surface area contributed by atoms with Gasteiger partial charge >= 0.3 is 5.97 Å². The van der Waals surface area contributed by atoms with Crippen LogP contribution in [0.15, 0.2) is 53.1 Å². The number of carboxylic acid groups (broad SMARTS) is 1. The van der Waals surface area contributed by atoms with Crippen molar-refractivity contribution in [3.63, 3.8) is 0 Å². The summed E-state index contributed by atoms with van der Waals surface area (Å²) in [6.07, 6.45) is 3.91. The topological polar surface area (TPSA) is 72.6 Å². The van der Waals surface area contributed by atoms with Gasteiger partial charge in [0.15, 0.2) is 0 Å². The number of ether oxygens (including phenoxy) is 1. The molecule has 4 rings (SSSR count). The van der Waals surface area contributed by atoms with Crippen molar-refractivity contribution in [2.24, 2.45) is 0 Å². The van der Waals surface area contributed by atoms with E-state index in [9.17, 15) is 9.90 Å². The maximum Gasteiger partial charge on any atom is 0.304 e. The Hall–Kier alpha value is -3.08. The third-order valence-corrected chi connectivity index (χ3v) is 6.92. The predicted octanol–water partition coefficient (Wildman–Crippen LogP) is 6.52. The molecule has 5 heteroatoms. The van der Waals surface area contributed by atoms with E-state index in [4.69, 9.17) is 9.15 Å². The Kier molecular flexibility index (Phi) is 6.08. The molecule has 1 aliphatic carbocycles. The summed E-state index contributed by atoms with van der Waals surface area (Å²) < 4.78 is 11.7. The first-order valence-corrected chi connectivity index (χ1v) is 11.6. The Morgan fingerprint density at radius 2 is 1.73 bits per heavy atom. The summed E-state index contributed by atoms with van der Waals surface area (Å²) in [6, 6.07) is 14.3. The standard InChI is InChI=1S/C28H33NO4/c1-18-16-29-26(33-18)22(15-25(30)31)20-7-9-21(10-8-20)32-17-19-6-11-23-24(14-19)28(4,5)13-12-27(23,2)3/h6-11,14,16,22H,12-13,15,17H2,1-5H3,(H,30,31). The molecule has 3 aromatic rings. The number of oxazole rings is 1. The Balaban J connectivity index is 1.49. The van der Waals surface area contributed by atoms with Crippen molar-refractivity contribution in [1.82, 2.24) is 4.98 Å². The number of fused-ring (bicyclic) bond motifs is 1. The number of aryl methyl sites for hydroxylation is 1. The minimum atomic E-state index is -0.894. The first-order chi connectivity index (χ1) is 15.5. The molecule has 0 fully saturated rings. The highest BCUT2D eigenvalue weighted by atomic mass is 16.5. The van der Waals surface area contributed by atoms with Crippen LogP contribution in [-0.4, -0.2) is 16.1 Å². The lowest BCUT2D eigenvalue weighted by Crippen LogP contribution is -2.33. The van der Waals surface area contributed by atoms with Crippen LogP contribution in [-0.2, 0) is 22.2 Å². The fourth-order valence-corrected chi connectivity index (χ4v) is 4.74. The molecule has 0 aliphatic heterocycles. The Labute approximate surface area is 195 Å². The first-order valence-electron chi connectivity index (χ1n) is 11.6. The van der Waals surface area contributed by atoms with Crippen molar-refractivity contribution in [3.8, 4) is 5.75 Å². The number of hydrogen-bond acceptors (Lipinski definition) is 4. The normalized spacial score (nSPS) is 17.2. The number of nitrogens with zero attached hydrogens (tertiary/aromatic N) is 1. The van der Waals surface area contributed by atoms with Crippen LogP contribution < -0.4 is 4.74 Å². The molecular weight excluding hydrogens is 414 g/mol. The van der Waals surface area contributed by atoms with Crippen LogP contribution in [0.4, 0.5) is 0 Å². The summed E-state index contributed by atoms with van der Waals surface area (Å²) in [6.45, 7) is 11.6. The summed E-state index contributed by atoms with van der Waals surface area (Å²) >= 11 is 0. The Morgan fingerprint density at radius 1 is 1.06 bits per heavy atom. The zero-order chi connectivity index (χ0) is 23.8. The largest absolute Gasteiger partial charge is 0.489 e. The molecule has 0 saturated carbocycles. The predicted molar refractivity (Wildman–Crippen MR) is 128 cm³/mol. The highest BCUT2D eigenvalue weighted by Crippen LogP contribution is 2.46. The fraction of sp³-hybridized carbons (Fsp3) is 0.429. The van der Waals surface area contributed by atoms with Gasteiger partial charge in [0, 0.05) is 0 Å². The van der Waals surface area contributed by atoms with Gasteiger partial charge in [0.05, 0.1) is 18.5 Å². The maximum absolute atomic E-state index is 11.4. The monoisotopic (exact) mass is 447 g/mol. The van der Waals surface area contributed by atoms with Crippen LogP contribution >= 0.6 is 0 Å². The highest BCUT2D eigenvalue weighted by Gasteiger charge is 2.36. The summed E-state index contributed by atoms with van der Waals surface area (Å²) in [5, 5.41) is 9.34. The van der Waals surface area contributed by atoms with Crippen LogP contribution in [0.1, 0.15) is 86.8 Å². The molecule has 0 bridgehead atoms. The Morgan fingerprint density at radius 3 is 2.33 bits per heavy atom. The van der Waals surface area contributed by atoms with E-state index in [1.807, 2.05) is 24.3 Å². The molecule has 1 unspecified atom stereocenters. The van der Waals surface area contributed by atoms with Crippen molar-refractivity contribution in [3.05, 3.63) is 82.6 Å². The van der Waals surface area contributed by atoms with Crippen molar-refractivity contribution >= 4 is 5.97 Å². The van der Waals surface area contributed by atoms with Crippen LogP contribution in [0, 0.1) is 6.92 Å². The van der Waals surface area contributed by atoms with E-state index in [2.05, 4.69) is 50.9 Å². The second kappa shape index (κ2) is 8.69. The summed E-state index contributed by atoms with van der Waals surface area (Å²) in [5.74, 6) is 0.500. The zero-order valence-corrected chi connectivity index (χ0v) is 20.1. The van der Waals surface area contributed by atoms with E-state index in [0.29, 0.717) is 18.3 Å². The molecule has 0 radical (unpaired) electrons. The minimum absolute atomic E-state index is 0.0819. The van der Waals surface area contributed by atoms with Gasteiger partial charge in [0.1, 0.15) is 18.1 Å². The lowest BCUT2D eigenvalue weighted by Gasteiger charge is -2.42.